The number of benzene rings is 1. The number of halogens is 1. The molecule has 0 atom stereocenters. The van der Waals surface area contributed by atoms with Crippen LogP contribution in [0.4, 0.5) is 0 Å². The van der Waals surface area contributed by atoms with E-state index in [4.69, 9.17) is 0 Å². The van der Waals surface area contributed by atoms with Gasteiger partial charge in [-0.15, -0.1) is 11.8 Å². The second-order valence-electron chi connectivity index (χ2n) is 3.72. The van der Waals surface area contributed by atoms with E-state index < -0.39 is 0 Å². The van der Waals surface area contributed by atoms with Gasteiger partial charge in [0.25, 0.3) is 0 Å². The predicted molar refractivity (Wildman–Crippen MR) is 69.0 cm³/mol. The largest absolute Gasteiger partial charge is 0.120 e. The number of hydrogen-bond donors (Lipinski definition) is 0. The molecule has 0 radical (unpaired) electrons. The van der Waals surface area contributed by atoms with Gasteiger partial charge < -0.3 is 0 Å². The maximum Gasteiger partial charge on any atom is 0.0186 e. The molecule has 0 bridgehead atoms. The van der Waals surface area contributed by atoms with Crippen LogP contribution in [0.15, 0.2) is 33.6 Å². The van der Waals surface area contributed by atoms with Crippen molar-refractivity contribution in [3.05, 3.63) is 28.7 Å². The molecule has 0 aliphatic rings. The summed E-state index contributed by atoms with van der Waals surface area (Å²) in [5, 5.41) is 0. The molecular formula is C12H17BrS. The summed E-state index contributed by atoms with van der Waals surface area (Å²) in [5.74, 6) is 0. The molecule has 78 valence electrons. The minimum absolute atomic E-state index is 0.376. The molecule has 0 heterocycles. The summed E-state index contributed by atoms with van der Waals surface area (Å²) in [7, 11) is 0. The fourth-order valence-electron chi connectivity index (χ4n) is 1.21. The van der Waals surface area contributed by atoms with Crippen molar-refractivity contribution in [2.45, 2.75) is 43.3 Å². The molecule has 0 unspecified atom stereocenters. The lowest BCUT2D eigenvalue weighted by Crippen LogP contribution is -2.16. The molecule has 2 heteroatoms. The molecule has 0 fully saturated rings. The Hall–Kier alpha value is 0.0500. The topological polar surface area (TPSA) is 0 Å². The fraction of sp³-hybridized carbons (Fsp3) is 0.500. The third kappa shape index (κ3) is 3.32. The van der Waals surface area contributed by atoms with Crippen LogP contribution in [0.25, 0.3) is 0 Å². The van der Waals surface area contributed by atoms with Crippen LogP contribution in [-0.2, 0) is 0 Å². The number of hydrogen-bond acceptors (Lipinski definition) is 1. The lowest BCUT2D eigenvalue weighted by atomic mass is 10.1. The molecule has 0 saturated carbocycles. The van der Waals surface area contributed by atoms with E-state index >= 15 is 0 Å². The standard InChI is InChI=1S/C12H17BrS/c1-4-12(3,5-2)14-11-8-6-7-10(13)9-11/h6-9H,4-5H2,1-3H3. The third-order valence-corrected chi connectivity index (χ3v) is 4.71. The molecule has 0 nitrogen and oxygen atoms in total. The summed E-state index contributed by atoms with van der Waals surface area (Å²) >= 11 is 5.48. The average molecular weight is 273 g/mol. The van der Waals surface area contributed by atoms with Gasteiger partial charge in [-0.3, -0.25) is 0 Å². The Balaban J connectivity index is 2.77. The molecule has 0 amide bonds. The zero-order valence-electron chi connectivity index (χ0n) is 9.01. The van der Waals surface area contributed by atoms with Crippen molar-refractivity contribution in [2.24, 2.45) is 0 Å². The Kier molecular flexibility index (Phi) is 4.52. The smallest absolute Gasteiger partial charge is 0.0186 e. The maximum absolute atomic E-state index is 3.50. The van der Waals surface area contributed by atoms with E-state index in [0.29, 0.717) is 4.75 Å². The zero-order chi connectivity index (χ0) is 10.6. The van der Waals surface area contributed by atoms with Crippen LogP contribution in [-0.4, -0.2) is 4.75 Å². The van der Waals surface area contributed by atoms with Gasteiger partial charge in [0.15, 0.2) is 0 Å². The number of thioether (sulfide) groups is 1. The van der Waals surface area contributed by atoms with E-state index in [9.17, 15) is 0 Å². The SMILES string of the molecule is CCC(C)(CC)Sc1cccc(Br)c1. The van der Waals surface area contributed by atoms with Gasteiger partial charge >= 0.3 is 0 Å². The van der Waals surface area contributed by atoms with E-state index in [0.717, 1.165) is 4.47 Å². The fourth-order valence-corrected chi connectivity index (χ4v) is 2.95. The highest BCUT2D eigenvalue weighted by atomic mass is 79.9. The second kappa shape index (κ2) is 5.22. The third-order valence-electron chi connectivity index (χ3n) is 2.66. The first-order valence-electron chi connectivity index (χ1n) is 5.04. The molecule has 14 heavy (non-hydrogen) atoms. The second-order valence-corrected chi connectivity index (χ2v) is 6.29. The van der Waals surface area contributed by atoms with Crippen LogP contribution >= 0.6 is 27.7 Å². The molecule has 1 rings (SSSR count). The minimum Gasteiger partial charge on any atom is -0.120 e. The lowest BCUT2D eigenvalue weighted by Gasteiger charge is -2.25. The van der Waals surface area contributed by atoms with E-state index in [2.05, 4.69) is 61.0 Å². The summed E-state index contributed by atoms with van der Waals surface area (Å²) < 4.78 is 1.54. The first-order valence-corrected chi connectivity index (χ1v) is 6.65. The van der Waals surface area contributed by atoms with Crippen LogP contribution < -0.4 is 0 Å². The summed E-state index contributed by atoms with van der Waals surface area (Å²) in [6.07, 6.45) is 2.42. The molecule has 0 aliphatic carbocycles. The van der Waals surface area contributed by atoms with E-state index in [1.165, 1.54) is 17.7 Å². The molecule has 0 spiro atoms. The van der Waals surface area contributed by atoms with Crippen LogP contribution in [0.3, 0.4) is 0 Å². The Bertz CT molecular complexity index is 292. The van der Waals surface area contributed by atoms with Crippen LogP contribution in [0.2, 0.25) is 0 Å². The highest BCUT2D eigenvalue weighted by molar-refractivity contribution is 9.10. The Morgan fingerprint density at radius 2 is 1.93 bits per heavy atom. The normalized spacial score (nSPS) is 11.7. The van der Waals surface area contributed by atoms with Crippen LogP contribution in [0, 0.1) is 0 Å². The first-order chi connectivity index (χ1) is 6.59. The van der Waals surface area contributed by atoms with E-state index in [-0.39, 0.29) is 0 Å². The van der Waals surface area contributed by atoms with Crippen molar-refractivity contribution in [1.29, 1.82) is 0 Å². The summed E-state index contributed by atoms with van der Waals surface area (Å²) in [6, 6.07) is 8.53. The summed E-state index contributed by atoms with van der Waals surface area (Å²) in [6.45, 7) is 6.85. The minimum atomic E-state index is 0.376. The summed E-state index contributed by atoms with van der Waals surface area (Å²) in [4.78, 5) is 1.35. The lowest BCUT2D eigenvalue weighted by molar-refractivity contribution is 0.599. The zero-order valence-corrected chi connectivity index (χ0v) is 11.4. The molecule has 0 saturated heterocycles. The van der Waals surface area contributed by atoms with Gasteiger partial charge in [0.05, 0.1) is 0 Å². The van der Waals surface area contributed by atoms with Gasteiger partial charge in [-0.05, 0) is 31.0 Å². The predicted octanol–water partition coefficient (Wildman–Crippen LogP) is 5.12. The van der Waals surface area contributed by atoms with Crippen molar-refractivity contribution in [2.75, 3.05) is 0 Å². The molecule has 0 N–H and O–H groups in total. The molecule has 0 aromatic heterocycles. The Morgan fingerprint density at radius 3 is 2.43 bits per heavy atom. The van der Waals surface area contributed by atoms with Gasteiger partial charge in [0, 0.05) is 14.1 Å². The van der Waals surface area contributed by atoms with Gasteiger partial charge in [0.1, 0.15) is 0 Å². The van der Waals surface area contributed by atoms with Gasteiger partial charge in [0.2, 0.25) is 0 Å². The van der Waals surface area contributed by atoms with Crippen LogP contribution in [0.1, 0.15) is 33.6 Å². The van der Waals surface area contributed by atoms with Crippen LogP contribution in [0.5, 0.6) is 0 Å². The van der Waals surface area contributed by atoms with Crippen molar-refractivity contribution in [3.8, 4) is 0 Å². The molecule has 0 aliphatic heterocycles. The van der Waals surface area contributed by atoms with Crippen molar-refractivity contribution in [3.63, 3.8) is 0 Å². The van der Waals surface area contributed by atoms with Crippen molar-refractivity contribution >= 4 is 27.7 Å². The van der Waals surface area contributed by atoms with Gasteiger partial charge in [-0.25, -0.2) is 0 Å². The van der Waals surface area contributed by atoms with E-state index in [1.807, 2.05) is 11.8 Å². The monoisotopic (exact) mass is 272 g/mol. The highest BCUT2D eigenvalue weighted by Crippen LogP contribution is 2.38. The van der Waals surface area contributed by atoms with Crippen molar-refractivity contribution < 1.29 is 0 Å². The molecule has 1 aromatic rings. The van der Waals surface area contributed by atoms with E-state index in [1.54, 1.807) is 0 Å². The average Bonchev–Trinajstić information content (AvgIpc) is 2.18. The maximum atomic E-state index is 3.50. The molecular weight excluding hydrogens is 256 g/mol. The quantitative estimate of drug-likeness (QED) is 0.686. The Labute approximate surface area is 99.6 Å². The van der Waals surface area contributed by atoms with Gasteiger partial charge in [-0.2, -0.15) is 0 Å². The first kappa shape index (κ1) is 12.1. The molecule has 1 aromatic carbocycles. The van der Waals surface area contributed by atoms with Crippen molar-refractivity contribution in [1.82, 2.24) is 0 Å². The number of rotatable bonds is 4. The van der Waals surface area contributed by atoms with Gasteiger partial charge in [-0.1, -0.05) is 42.8 Å². The highest BCUT2D eigenvalue weighted by Gasteiger charge is 2.20. The Morgan fingerprint density at radius 1 is 1.29 bits per heavy atom. The summed E-state index contributed by atoms with van der Waals surface area (Å²) in [5.41, 5.74) is 0.